The van der Waals surface area contributed by atoms with Crippen LogP contribution in [0.3, 0.4) is 0 Å². The van der Waals surface area contributed by atoms with Gasteiger partial charge in [-0.25, -0.2) is 0 Å². The van der Waals surface area contributed by atoms with Gasteiger partial charge in [0.15, 0.2) is 0 Å². The van der Waals surface area contributed by atoms with E-state index in [4.69, 9.17) is 9.47 Å². The Morgan fingerprint density at radius 2 is 1.81 bits per heavy atom. The van der Waals surface area contributed by atoms with Gasteiger partial charge < -0.3 is 20.1 Å². The van der Waals surface area contributed by atoms with Crippen LogP contribution in [0.25, 0.3) is 0 Å². The van der Waals surface area contributed by atoms with Gasteiger partial charge in [0.1, 0.15) is 11.5 Å². The fourth-order valence-electron chi connectivity index (χ4n) is 2.52. The van der Waals surface area contributed by atoms with Crippen molar-refractivity contribution in [1.82, 2.24) is 5.32 Å². The van der Waals surface area contributed by atoms with Crippen LogP contribution in [0.5, 0.6) is 11.5 Å². The highest BCUT2D eigenvalue weighted by Gasteiger charge is 2.17. The molecule has 0 atom stereocenters. The van der Waals surface area contributed by atoms with Gasteiger partial charge >= 0.3 is 0 Å². The molecule has 0 aliphatic carbocycles. The predicted octanol–water partition coefficient (Wildman–Crippen LogP) is 3.79. The van der Waals surface area contributed by atoms with Gasteiger partial charge in [-0.2, -0.15) is 0 Å². The first-order valence-electron chi connectivity index (χ1n) is 8.90. The number of ether oxygens (including phenoxy) is 2. The number of carbonyl (C=O) groups excluding carboxylic acids is 2. The molecule has 2 rings (SSSR count). The molecule has 0 aromatic heterocycles. The van der Waals surface area contributed by atoms with E-state index >= 15 is 0 Å². The maximum atomic E-state index is 12.8. The molecule has 0 spiro atoms. The molecule has 2 aromatic carbocycles. The molecule has 0 radical (unpaired) electrons. The van der Waals surface area contributed by atoms with Gasteiger partial charge in [0.05, 0.1) is 18.8 Å². The van der Waals surface area contributed by atoms with E-state index in [-0.39, 0.29) is 17.9 Å². The van der Waals surface area contributed by atoms with E-state index in [1.165, 1.54) is 0 Å². The zero-order chi connectivity index (χ0) is 20.0. The van der Waals surface area contributed by atoms with Gasteiger partial charge in [-0.15, -0.1) is 0 Å². The van der Waals surface area contributed by atoms with Crippen LogP contribution >= 0.6 is 0 Å². The van der Waals surface area contributed by atoms with Crippen molar-refractivity contribution in [3.63, 3.8) is 0 Å². The van der Waals surface area contributed by atoms with E-state index in [1.54, 1.807) is 43.5 Å². The molecule has 2 aromatic rings. The average molecular weight is 370 g/mol. The zero-order valence-corrected chi connectivity index (χ0v) is 16.4. The Morgan fingerprint density at radius 3 is 2.44 bits per heavy atom. The lowest BCUT2D eigenvalue weighted by atomic mass is 10.1. The molecular weight excluding hydrogens is 344 g/mol. The first-order chi connectivity index (χ1) is 12.8. The second kappa shape index (κ2) is 9.07. The Labute approximate surface area is 159 Å². The summed E-state index contributed by atoms with van der Waals surface area (Å²) in [6, 6.07) is 10.3. The van der Waals surface area contributed by atoms with Crippen LogP contribution < -0.4 is 20.1 Å². The van der Waals surface area contributed by atoms with Crippen molar-refractivity contribution in [3.8, 4) is 11.5 Å². The Bertz CT molecular complexity index is 831. The summed E-state index contributed by atoms with van der Waals surface area (Å²) in [7, 11) is 1.56. The number of carbonyl (C=O) groups is 2. The van der Waals surface area contributed by atoms with Crippen molar-refractivity contribution in [2.45, 2.75) is 33.8 Å². The monoisotopic (exact) mass is 370 g/mol. The van der Waals surface area contributed by atoms with Crippen LogP contribution in [-0.4, -0.2) is 31.6 Å². The third kappa shape index (κ3) is 5.23. The molecule has 0 fully saturated rings. The largest absolute Gasteiger partial charge is 0.497 e. The molecular formula is C21H26N2O4. The Kier molecular flexibility index (Phi) is 6.82. The first kappa shape index (κ1) is 20.3. The molecule has 6 nitrogen and oxygen atoms in total. The molecule has 6 heteroatoms. The molecule has 0 bridgehead atoms. The van der Waals surface area contributed by atoms with Crippen molar-refractivity contribution in [2.75, 3.05) is 19.0 Å². The number of methoxy groups -OCH3 is 1. The van der Waals surface area contributed by atoms with Gasteiger partial charge in [-0.05, 0) is 57.5 Å². The lowest BCUT2D eigenvalue weighted by molar-refractivity contribution is 0.0954. The van der Waals surface area contributed by atoms with E-state index in [2.05, 4.69) is 10.6 Å². The quantitative estimate of drug-likeness (QED) is 0.777. The van der Waals surface area contributed by atoms with Crippen LogP contribution in [0.1, 0.15) is 47.1 Å². The van der Waals surface area contributed by atoms with Crippen molar-refractivity contribution in [2.24, 2.45) is 0 Å². The highest BCUT2D eigenvalue weighted by molar-refractivity contribution is 6.07. The molecule has 27 heavy (non-hydrogen) atoms. The van der Waals surface area contributed by atoms with Crippen LogP contribution in [0.15, 0.2) is 36.4 Å². The smallest absolute Gasteiger partial charge is 0.259 e. The fourth-order valence-corrected chi connectivity index (χ4v) is 2.52. The minimum atomic E-state index is -0.315. The van der Waals surface area contributed by atoms with Crippen molar-refractivity contribution in [1.29, 1.82) is 0 Å². The average Bonchev–Trinajstić information content (AvgIpc) is 2.63. The highest BCUT2D eigenvalue weighted by atomic mass is 16.5. The maximum Gasteiger partial charge on any atom is 0.259 e. The molecule has 0 saturated carbocycles. The summed E-state index contributed by atoms with van der Waals surface area (Å²) in [5.74, 6) is 0.557. The molecule has 144 valence electrons. The van der Waals surface area contributed by atoms with E-state index in [0.717, 1.165) is 5.56 Å². The summed E-state index contributed by atoms with van der Waals surface area (Å²) in [6.07, 6.45) is -0.0912. The number of hydrogen-bond acceptors (Lipinski definition) is 4. The highest BCUT2D eigenvalue weighted by Crippen LogP contribution is 2.27. The number of nitrogens with one attached hydrogen (secondary N) is 2. The number of hydrogen-bond donors (Lipinski definition) is 2. The summed E-state index contributed by atoms with van der Waals surface area (Å²) >= 11 is 0. The second-order valence-electron chi connectivity index (χ2n) is 6.37. The Morgan fingerprint density at radius 1 is 1.07 bits per heavy atom. The van der Waals surface area contributed by atoms with Crippen LogP contribution in [0, 0.1) is 6.92 Å². The third-order valence-corrected chi connectivity index (χ3v) is 3.88. The molecule has 2 N–H and O–H groups in total. The lowest BCUT2D eigenvalue weighted by Crippen LogP contribution is -2.23. The summed E-state index contributed by atoms with van der Waals surface area (Å²) in [5, 5.41) is 5.63. The number of anilines is 1. The number of benzene rings is 2. The lowest BCUT2D eigenvalue weighted by Gasteiger charge is -2.16. The van der Waals surface area contributed by atoms with Gasteiger partial charge in [0.25, 0.3) is 11.8 Å². The van der Waals surface area contributed by atoms with Gasteiger partial charge in [0, 0.05) is 23.9 Å². The summed E-state index contributed by atoms with van der Waals surface area (Å²) in [4.78, 5) is 24.9. The van der Waals surface area contributed by atoms with E-state index in [9.17, 15) is 9.59 Å². The summed E-state index contributed by atoms with van der Waals surface area (Å²) in [5.41, 5.74) is 2.32. The van der Waals surface area contributed by atoms with E-state index in [1.807, 2.05) is 27.7 Å². The van der Waals surface area contributed by atoms with Gasteiger partial charge in [-0.1, -0.05) is 6.07 Å². The van der Waals surface area contributed by atoms with Crippen molar-refractivity contribution < 1.29 is 19.1 Å². The zero-order valence-electron chi connectivity index (χ0n) is 16.4. The third-order valence-electron chi connectivity index (χ3n) is 3.88. The topological polar surface area (TPSA) is 76.7 Å². The summed E-state index contributed by atoms with van der Waals surface area (Å²) in [6.45, 7) is 8.05. The molecule has 0 saturated heterocycles. The minimum Gasteiger partial charge on any atom is -0.497 e. The minimum absolute atomic E-state index is 0.0912. The normalized spacial score (nSPS) is 10.4. The SMILES string of the molecule is CCNC(=O)c1ccc(C)c(NC(=O)c2ccc(OC)cc2OC(C)C)c1. The molecule has 2 amide bonds. The van der Waals surface area contributed by atoms with Crippen LogP contribution in [0.4, 0.5) is 5.69 Å². The van der Waals surface area contributed by atoms with Gasteiger partial charge in [0.2, 0.25) is 0 Å². The number of rotatable bonds is 7. The maximum absolute atomic E-state index is 12.8. The number of aryl methyl sites for hydroxylation is 1. The fraction of sp³-hybridized carbons (Fsp3) is 0.333. The van der Waals surface area contributed by atoms with E-state index in [0.29, 0.717) is 34.9 Å². The molecule has 0 unspecified atom stereocenters. The number of amides is 2. The molecule has 0 aliphatic heterocycles. The Balaban J connectivity index is 2.31. The van der Waals surface area contributed by atoms with Crippen molar-refractivity contribution >= 4 is 17.5 Å². The molecule has 0 aliphatic rings. The molecule has 0 heterocycles. The van der Waals surface area contributed by atoms with Gasteiger partial charge in [-0.3, -0.25) is 9.59 Å². The van der Waals surface area contributed by atoms with Crippen molar-refractivity contribution in [3.05, 3.63) is 53.1 Å². The second-order valence-corrected chi connectivity index (χ2v) is 6.37. The first-order valence-corrected chi connectivity index (χ1v) is 8.90. The van der Waals surface area contributed by atoms with Crippen LogP contribution in [0.2, 0.25) is 0 Å². The Hall–Kier alpha value is -3.02. The summed E-state index contributed by atoms with van der Waals surface area (Å²) < 4.78 is 11.0. The predicted molar refractivity (Wildman–Crippen MR) is 106 cm³/mol. The van der Waals surface area contributed by atoms with E-state index < -0.39 is 0 Å². The van der Waals surface area contributed by atoms with Crippen LogP contribution in [-0.2, 0) is 0 Å². The standard InChI is InChI=1S/C21H26N2O4/c1-6-22-20(24)15-8-7-14(4)18(11-15)23-21(25)17-10-9-16(26-5)12-19(17)27-13(2)3/h7-13H,6H2,1-5H3,(H,22,24)(H,23,25).